The van der Waals surface area contributed by atoms with Crippen molar-refractivity contribution in [3.8, 4) is 5.69 Å². The molecule has 0 aliphatic rings. The first kappa shape index (κ1) is 28.6. The fraction of sp³-hybridized carbons (Fsp3) is 0.269. The summed E-state index contributed by atoms with van der Waals surface area (Å²) in [5, 5.41) is 2.56. The first-order chi connectivity index (χ1) is 17.8. The number of aromatic nitrogens is 1. The summed E-state index contributed by atoms with van der Waals surface area (Å²) in [6.45, 7) is 3.26. The molecule has 2 aromatic carbocycles. The second-order valence-electron chi connectivity index (χ2n) is 8.28. The van der Waals surface area contributed by atoms with Crippen molar-refractivity contribution in [2.24, 2.45) is 0 Å². The number of nitrogens with one attached hydrogen (secondary N) is 1. The molecule has 12 heteroatoms. The predicted molar refractivity (Wildman–Crippen MR) is 133 cm³/mol. The fourth-order valence-electron chi connectivity index (χ4n) is 3.61. The van der Waals surface area contributed by atoms with Crippen LogP contribution in [0.15, 0.2) is 70.4 Å². The molecule has 3 aromatic rings. The molecule has 1 aromatic heterocycles. The summed E-state index contributed by atoms with van der Waals surface area (Å²) >= 11 is 0. The van der Waals surface area contributed by atoms with Crippen LogP contribution in [0.4, 0.5) is 13.2 Å². The number of carbonyl (C=O) groups is 2. The molecular weight excluding hydrogens is 525 g/mol. The maximum Gasteiger partial charge on any atom is 0.416 e. The van der Waals surface area contributed by atoms with E-state index in [0.29, 0.717) is 11.3 Å². The van der Waals surface area contributed by atoms with E-state index in [4.69, 9.17) is 4.74 Å². The lowest BCUT2D eigenvalue weighted by molar-refractivity contribution is -0.142. The van der Waals surface area contributed by atoms with Gasteiger partial charge in [0.25, 0.3) is 11.5 Å². The predicted octanol–water partition coefficient (Wildman–Crippen LogP) is 3.82. The quantitative estimate of drug-likeness (QED) is 0.406. The van der Waals surface area contributed by atoms with E-state index in [0.717, 1.165) is 16.7 Å². The topological polar surface area (TPSA) is 112 Å². The molecule has 38 heavy (non-hydrogen) atoms. The smallest absolute Gasteiger partial charge is 0.416 e. The number of esters is 1. The maximum atomic E-state index is 13.1. The average molecular weight is 551 g/mol. The molecule has 1 N–H and O–H groups in total. The van der Waals surface area contributed by atoms with E-state index in [2.05, 4.69) is 5.32 Å². The third kappa shape index (κ3) is 6.88. The highest BCUT2D eigenvalue weighted by atomic mass is 32.2. The molecule has 3 rings (SSSR count). The Morgan fingerprint density at radius 2 is 1.71 bits per heavy atom. The molecule has 0 saturated heterocycles. The largest absolute Gasteiger partial charge is 0.466 e. The number of benzene rings is 2. The standard InChI is InChI=1S/C26H25F3N2O6S/c1-3-37-23(32)13-14-38(35,36)21-10-8-18(9-11-21)16-30-24(33)22-12-7-17(2)31(25(22)34)20-6-4-5-19(15-20)26(27,28)29/h4-12,15H,3,13-14,16H2,1-2H3,(H,30,33). The van der Waals surface area contributed by atoms with Crippen molar-refractivity contribution in [1.29, 1.82) is 0 Å². The number of hydrogen-bond donors (Lipinski definition) is 1. The van der Waals surface area contributed by atoms with Crippen LogP contribution < -0.4 is 10.9 Å². The first-order valence-corrected chi connectivity index (χ1v) is 13.1. The zero-order chi connectivity index (χ0) is 28.1. The minimum atomic E-state index is -4.60. The van der Waals surface area contributed by atoms with Crippen molar-refractivity contribution in [2.75, 3.05) is 12.4 Å². The minimum absolute atomic E-state index is 0.000571. The Kier molecular flexibility index (Phi) is 8.77. The molecular formula is C26H25F3N2O6S. The highest BCUT2D eigenvalue weighted by Crippen LogP contribution is 2.30. The molecule has 0 bridgehead atoms. The molecule has 0 aliphatic heterocycles. The lowest BCUT2D eigenvalue weighted by Crippen LogP contribution is -2.33. The molecule has 1 amide bonds. The van der Waals surface area contributed by atoms with Gasteiger partial charge in [0.05, 0.1) is 29.2 Å². The summed E-state index contributed by atoms with van der Waals surface area (Å²) in [6.07, 6.45) is -4.87. The van der Waals surface area contributed by atoms with Gasteiger partial charge in [-0.25, -0.2) is 8.42 Å². The number of amides is 1. The van der Waals surface area contributed by atoms with E-state index in [9.17, 15) is 36.0 Å². The second kappa shape index (κ2) is 11.6. The number of rotatable bonds is 9. The number of aryl methyl sites for hydroxylation is 1. The lowest BCUT2D eigenvalue weighted by atomic mass is 10.1. The Balaban J connectivity index is 1.74. The van der Waals surface area contributed by atoms with Crippen molar-refractivity contribution in [3.05, 3.63) is 93.4 Å². The third-order valence-corrected chi connectivity index (χ3v) is 7.30. The van der Waals surface area contributed by atoms with Crippen LogP contribution in [0.25, 0.3) is 5.69 Å². The average Bonchev–Trinajstić information content (AvgIpc) is 2.86. The van der Waals surface area contributed by atoms with Crippen molar-refractivity contribution < 1.29 is 35.9 Å². The molecule has 0 unspecified atom stereocenters. The van der Waals surface area contributed by atoms with Gasteiger partial charge < -0.3 is 10.1 Å². The van der Waals surface area contributed by atoms with Gasteiger partial charge >= 0.3 is 12.1 Å². The summed E-state index contributed by atoms with van der Waals surface area (Å²) < 4.78 is 70.0. The Morgan fingerprint density at radius 3 is 2.34 bits per heavy atom. The van der Waals surface area contributed by atoms with Gasteiger partial charge in [0.2, 0.25) is 0 Å². The lowest BCUT2D eigenvalue weighted by Gasteiger charge is -2.14. The maximum absolute atomic E-state index is 13.1. The van der Waals surface area contributed by atoms with Gasteiger partial charge in [-0.05, 0) is 61.9 Å². The molecule has 0 saturated carbocycles. The monoisotopic (exact) mass is 550 g/mol. The first-order valence-electron chi connectivity index (χ1n) is 11.5. The summed E-state index contributed by atoms with van der Waals surface area (Å²) in [4.78, 5) is 37.2. The van der Waals surface area contributed by atoms with Crippen LogP contribution in [-0.4, -0.2) is 37.2 Å². The van der Waals surface area contributed by atoms with Gasteiger partial charge in [0.1, 0.15) is 5.56 Å². The number of sulfone groups is 1. The van der Waals surface area contributed by atoms with E-state index in [-0.39, 0.29) is 35.7 Å². The number of hydrogen-bond acceptors (Lipinski definition) is 6. The molecule has 0 spiro atoms. The number of alkyl halides is 3. The van der Waals surface area contributed by atoms with E-state index in [1.54, 1.807) is 6.92 Å². The number of pyridine rings is 1. The van der Waals surface area contributed by atoms with Crippen molar-refractivity contribution >= 4 is 21.7 Å². The van der Waals surface area contributed by atoms with E-state index >= 15 is 0 Å². The fourth-order valence-corrected chi connectivity index (χ4v) is 4.83. The number of halogens is 3. The van der Waals surface area contributed by atoms with Gasteiger partial charge in [-0.3, -0.25) is 19.0 Å². The normalized spacial score (nSPS) is 11.7. The van der Waals surface area contributed by atoms with Gasteiger partial charge in [-0.15, -0.1) is 0 Å². The van der Waals surface area contributed by atoms with Crippen LogP contribution in [0.1, 0.15) is 40.5 Å². The van der Waals surface area contributed by atoms with Gasteiger partial charge in [-0.2, -0.15) is 13.2 Å². The highest BCUT2D eigenvalue weighted by Gasteiger charge is 2.30. The van der Waals surface area contributed by atoms with Gasteiger partial charge in [0.15, 0.2) is 9.84 Å². The Labute approximate surface area is 217 Å². The molecule has 0 fully saturated rings. The number of nitrogens with zero attached hydrogens (tertiary/aromatic N) is 1. The number of ether oxygens (including phenoxy) is 1. The molecule has 1 heterocycles. The van der Waals surface area contributed by atoms with E-state index < -0.39 is 44.8 Å². The molecule has 8 nitrogen and oxygen atoms in total. The van der Waals surface area contributed by atoms with Crippen LogP contribution >= 0.6 is 0 Å². The third-order valence-electron chi connectivity index (χ3n) is 5.57. The summed E-state index contributed by atoms with van der Waals surface area (Å²) in [5.41, 5.74) is -1.14. The van der Waals surface area contributed by atoms with Crippen LogP contribution in [0.3, 0.4) is 0 Å². The Hall–Kier alpha value is -3.93. The van der Waals surface area contributed by atoms with Crippen LogP contribution in [0.2, 0.25) is 0 Å². The molecule has 0 aliphatic carbocycles. The SMILES string of the molecule is CCOC(=O)CCS(=O)(=O)c1ccc(CNC(=O)c2ccc(C)n(-c3cccc(C(F)(F)F)c3)c2=O)cc1. The molecule has 202 valence electrons. The van der Waals surface area contributed by atoms with Crippen molar-refractivity contribution in [2.45, 2.75) is 37.9 Å². The molecule has 0 radical (unpaired) electrons. The van der Waals surface area contributed by atoms with Crippen molar-refractivity contribution in [3.63, 3.8) is 0 Å². The van der Waals surface area contributed by atoms with Gasteiger partial charge in [0, 0.05) is 17.9 Å². The summed E-state index contributed by atoms with van der Waals surface area (Å²) in [7, 11) is -3.72. The number of carbonyl (C=O) groups excluding carboxylic acids is 2. The summed E-state index contributed by atoms with van der Waals surface area (Å²) in [5.74, 6) is -1.77. The van der Waals surface area contributed by atoms with Crippen LogP contribution in [-0.2, 0) is 32.1 Å². The zero-order valence-electron chi connectivity index (χ0n) is 20.5. The van der Waals surface area contributed by atoms with E-state index in [1.807, 2.05) is 0 Å². The van der Waals surface area contributed by atoms with Crippen molar-refractivity contribution in [1.82, 2.24) is 9.88 Å². The van der Waals surface area contributed by atoms with E-state index in [1.165, 1.54) is 55.5 Å². The summed E-state index contributed by atoms with van der Waals surface area (Å²) in [6, 6.07) is 12.6. The molecule has 0 atom stereocenters. The zero-order valence-corrected chi connectivity index (χ0v) is 21.4. The van der Waals surface area contributed by atoms with Gasteiger partial charge in [-0.1, -0.05) is 18.2 Å². The minimum Gasteiger partial charge on any atom is -0.466 e. The second-order valence-corrected chi connectivity index (χ2v) is 10.4. The Bertz CT molecular complexity index is 1500. The van der Waals surface area contributed by atoms with Crippen LogP contribution in [0, 0.1) is 6.92 Å². The highest BCUT2D eigenvalue weighted by molar-refractivity contribution is 7.91. The Morgan fingerprint density at radius 1 is 1.03 bits per heavy atom. The van der Waals surface area contributed by atoms with Crippen LogP contribution in [0.5, 0.6) is 0 Å².